The predicted molar refractivity (Wildman–Crippen MR) is 68.4 cm³/mol. The Morgan fingerprint density at radius 2 is 2.24 bits per heavy atom. The summed E-state index contributed by atoms with van der Waals surface area (Å²) in [6.07, 6.45) is 7.55. The van der Waals surface area contributed by atoms with E-state index in [1.165, 1.54) is 31.2 Å². The third-order valence-electron chi connectivity index (χ3n) is 3.91. The largest absolute Gasteiger partial charge is 0.342 e. The number of aromatic nitrogens is 1. The molecule has 0 spiro atoms. The van der Waals surface area contributed by atoms with Gasteiger partial charge in [-0.2, -0.15) is 5.26 Å². The molecule has 1 N–H and O–H groups in total. The molecule has 0 amide bonds. The molecule has 0 unspecified atom stereocenters. The molecule has 1 heterocycles. The molecule has 3 nitrogen and oxygen atoms in total. The van der Waals surface area contributed by atoms with Gasteiger partial charge in [0.15, 0.2) is 0 Å². The molecular weight excluding hydrogens is 210 g/mol. The number of nitrogens with one attached hydrogen (secondary N) is 1. The van der Waals surface area contributed by atoms with Crippen molar-refractivity contribution in [1.82, 2.24) is 9.88 Å². The number of hydrogen-bond donors (Lipinski definition) is 1. The van der Waals surface area contributed by atoms with Crippen LogP contribution in [0.1, 0.15) is 43.9 Å². The summed E-state index contributed by atoms with van der Waals surface area (Å²) in [7, 11) is 1.92. The van der Waals surface area contributed by atoms with Gasteiger partial charge in [-0.3, -0.25) is 0 Å². The molecule has 0 saturated heterocycles. The number of aryl methyl sites for hydroxylation is 1. The van der Waals surface area contributed by atoms with E-state index >= 15 is 0 Å². The summed E-state index contributed by atoms with van der Waals surface area (Å²) < 4.78 is 1.89. The number of nitrogens with zero attached hydrogens (tertiary/aromatic N) is 2. The van der Waals surface area contributed by atoms with E-state index in [0.29, 0.717) is 6.04 Å². The molecule has 1 aliphatic carbocycles. The molecule has 1 aliphatic rings. The molecule has 0 radical (unpaired) electrons. The summed E-state index contributed by atoms with van der Waals surface area (Å²) >= 11 is 0. The van der Waals surface area contributed by atoms with E-state index in [4.69, 9.17) is 5.26 Å². The minimum absolute atomic E-state index is 0.586. The molecule has 1 aromatic rings. The maximum atomic E-state index is 8.89. The summed E-state index contributed by atoms with van der Waals surface area (Å²) in [6, 6.07) is 4.75. The van der Waals surface area contributed by atoms with E-state index in [1.54, 1.807) is 0 Å². The fourth-order valence-corrected chi connectivity index (χ4v) is 2.74. The Bertz CT molecular complexity index is 408. The molecule has 1 atom stereocenters. The van der Waals surface area contributed by atoms with Crippen molar-refractivity contribution in [2.45, 2.75) is 45.2 Å². The van der Waals surface area contributed by atoms with Gasteiger partial charge in [-0.05, 0) is 37.3 Å². The molecule has 1 fully saturated rings. The molecule has 0 bridgehead atoms. The Balaban J connectivity index is 1.86. The Morgan fingerprint density at radius 1 is 1.53 bits per heavy atom. The molecule has 1 saturated carbocycles. The van der Waals surface area contributed by atoms with Crippen molar-refractivity contribution in [1.29, 1.82) is 5.26 Å². The van der Waals surface area contributed by atoms with Crippen LogP contribution in [0.4, 0.5) is 0 Å². The van der Waals surface area contributed by atoms with E-state index in [1.807, 2.05) is 23.9 Å². The van der Waals surface area contributed by atoms with Gasteiger partial charge < -0.3 is 9.88 Å². The smallest absolute Gasteiger partial charge is 0.120 e. The zero-order valence-corrected chi connectivity index (χ0v) is 10.7. The Kier molecular flexibility index (Phi) is 3.86. The molecule has 1 aromatic heterocycles. The second kappa shape index (κ2) is 5.37. The van der Waals surface area contributed by atoms with Crippen molar-refractivity contribution >= 4 is 0 Å². The monoisotopic (exact) mass is 231 g/mol. The van der Waals surface area contributed by atoms with Gasteiger partial charge in [0.2, 0.25) is 0 Å². The quantitative estimate of drug-likeness (QED) is 0.865. The normalized spacial score (nSPS) is 18.2. The lowest BCUT2D eigenvalue weighted by atomic mass is 10.00. The molecule has 2 rings (SSSR count). The van der Waals surface area contributed by atoms with Crippen LogP contribution < -0.4 is 5.32 Å². The fourth-order valence-electron chi connectivity index (χ4n) is 2.74. The van der Waals surface area contributed by atoms with Crippen LogP contribution in [-0.4, -0.2) is 10.6 Å². The van der Waals surface area contributed by atoms with Crippen molar-refractivity contribution in [3.63, 3.8) is 0 Å². The molecule has 3 heteroatoms. The number of nitriles is 1. The SMILES string of the molecule is C[C@H](NCc1cc(C#N)n(C)c1)C1CCCC1. The first kappa shape index (κ1) is 12.2. The topological polar surface area (TPSA) is 40.8 Å². The average molecular weight is 231 g/mol. The standard InChI is InChI=1S/C14H21N3/c1-11(13-5-3-4-6-13)16-9-12-7-14(8-15)17(2)10-12/h7,10-11,13,16H,3-6,9H2,1-2H3/t11-/m0/s1. The van der Waals surface area contributed by atoms with Crippen LogP contribution in [0.3, 0.4) is 0 Å². The van der Waals surface area contributed by atoms with Crippen LogP contribution in [-0.2, 0) is 13.6 Å². The maximum Gasteiger partial charge on any atom is 0.120 e. The molecule has 92 valence electrons. The lowest BCUT2D eigenvalue weighted by molar-refractivity contribution is 0.380. The van der Waals surface area contributed by atoms with E-state index in [-0.39, 0.29) is 0 Å². The van der Waals surface area contributed by atoms with Crippen molar-refractivity contribution in [3.8, 4) is 6.07 Å². The third-order valence-corrected chi connectivity index (χ3v) is 3.91. The van der Waals surface area contributed by atoms with Gasteiger partial charge in [-0.25, -0.2) is 0 Å². The Hall–Kier alpha value is -1.27. The molecule has 0 aromatic carbocycles. The summed E-state index contributed by atoms with van der Waals surface area (Å²) in [5, 5.41) is 12.5. The lowest BCUT2D eigenvalue weighted by Gasteiger charge is -2.19. The van der Waals surface area contributed by atoms with Crippen molar-refractivity contribution in [3.05, 3.63) is 23.5 Å². The van der Waals surface area contributed by atoms with E-state index in [0.717, 1.165) is 18.2 Å². The lowest BCUT2D eigenvalue weighted by Crippen LogP contribution is -2.31. The van der Waals surface area contributed by atoms with Gasteiger partial charge >= 0.3 is 0 Å². The number of hydrogen-bond acceptors (Lipinski definition) is 2. The molecular formula is C14H21N3. The second-order valence-corrected chi connectivity index (χ2v) is 5.17. The third kappa shape index (κ3) is 2.89. The first-order valence-corrected chi connectivity index (χ1v) is 6.49. The highest BCUT2D eigenvalue weighted by Crippen LogP contribution is 2.27. The van der Waals surface area contributed by atoms with Crippen molar-refractivity contribution in [2.75, 3.05) is 0 Å². The molecule has 17 heavy (non-hydrogen) atoms. The van der Waals surface area contributed by atoms with Crippen LogP contribution in [0.25, 0.3) is 0 Å². The van der Waals surface area contributed by atoms with Crippen molar-refractivity contribution < 1.29 is 0 Å². The van der Waals surface area contributed by atoms with Crippen LogP contribution in [0, 0.1) is 17.2 Å². The van der Waals surface area contributed by atoms with Gasteiger partial charge in [0.25, 0.3) is 0 Å². The minimum Gasteiger partial charge on any atom is -0.342 e. The Morgan fingerprint density at radius 3 is 2.82 bits per heavy atom. The van der Waals surface area contributed by atoms with Crippen LogP contribution in [0.5, 0.6) is 0 Å². The van der Waals surface area contributed by atoms with Gasteiger partial charge in [-0.1, -0.05) is 12.8 Å². The van der Waals surface area contributed by atoms with E-state index in [2.05, 4.69) is 18.3 Å². The maximum absolute atomic E-state index is 8.89. The number of rotatable bonds is 4. The molecule has 0 aliphatic heterocycles. The first-order valence-electron chi connectivity index (χ1n) is 6.49. The summed E-state index contributed by atoms with van der Waals surface area (Å²) in [5.74, 6) is 0.842. The second-order valence-electron chi connectivity index (χ2n) is 5.17. The van der Waals surface area contributed by atoms with Gasteiger partial charge in [-0.15, -0.1) is 0 Å². The minimum atomic E-state index is 0.586. The fraction of sp³-hybridized carbons (Fsp3) is 0.643. The first-order chi connectivity index (χ1) is 8.20. The van der Waals surface area contributed by atoms with Gasteiger partial charge in [0.05, 0.1) is 0 Å². The highest BCUT2D eigenvalue weighted by Gasteiger charge is 2.20. The average Bonchev–Trinajstić information content (AvgIpc) is 2.95. The summed E-state index contributed by atoms with van der Waals surface area (Å²) in [5.41, 5.74) is 1.93. The highest BCUT2D eigenvalue weighted by molar-refractivity contribution is 5.28. The predicted octanol–water partition coefficient (Wildman–Crippen LogP) is 2.57. The van der Waals surface area contributed by atoms with Crippen molar-refractivity contribution in [2.24, 2.45) is 13.0 Å². The van der Waals surface area contributed by atoms with Crippen LogP contribution in [0.2, 0.25) is 0 Å². The van der Waals surface area contributed by atoms with E-state index in [9.17, 15) is 0 Å². The Labute approximate surface area is 103 Å². The van der Waals surface area contributed by atoms with E-state index < -0.39 is 0 Å². The highest BCUT2D eigenvalue weighted by atomic mass is 15.0. The van der Waals surface area contributed by atoms with Crippen LogP contribution >= 0.6 is 0 Å². The van der Waals surface area contributed by atoms with Crippen LogP contribution in [0.15, 0.2) is 12.3 Å². The summed E-state index contributed by atoms with van der Waals surface area (Å²) in [6.45, 7) is 3.15. The zero-order chi connectivity index (χ0) is 12.3. The van der Waals surface area contributed by atoms with Gasteiger partial charge in [0.1, 0.15) is 11.8 Å². The summed E-state index contributed by atoms with van der Waals surface area (Å²) in [4.78, 5) is 0. The zero-order valence-electron chi connectivity index (χ0n) is 10.7. The van der Waals surface area contributed by atoms with Gasteiger partial charge in [0, 0.05) is 25.8 Å².